The highest BCUT2D eigenvalue weighted by Crippen LogP contribution is 2.18. The molecule has 0 aliphatic rings. The summed E-state index contributed by atoms with van der Waals surface area (Å²) in [6.45, 7) is 0.328. The molecule has 0 spiro atoms. The zero-order valence-corrected chi connectivity index (χ0v) is 14.1. The van der Waals surface area contributed by atoms with Crippen molar-refractivity contribution >= 4 is 31.6 Å². The monoisotopic (exact) mass is 368 g/mol. The second-order valence-corrected chi connectivity index (χ2v) is 7.83. The second-order valence-electron chi connectivity index (χ2n) is 4.84. The molecule has 6 heteroatoms. The molecule has 2 aromatic carbocycles. The third-order valence-corrected chi connectivity index (χ3v) is 5.41. The van der Waals surface area contributed by atoms with Crippen LogP contribution in [0.3, 0.4) is 0 Å². The molecule has 0 radical (unpaired) electrons. The minimum absolute atomic E-state index is 0.0931. The fourth-order valence-electron chi connectivity index (χ4n) is 1.96. The van der Waals surface area contributed by atoms with E-state index in [0.29, 0.717) is 17.8 Å². The van der Waals surface area contributed by atoms with Crippen LogP contribution in [0.25, 0.3) is 0 Å². The first-order chi connectivity index (χ1) is 9.88. The molecule has 0 saturated carbocycles. The lowest BCUT2D eigenvalue weighted by Gasteiger charge is -2.18. The van der Waals surface area contributed by atoms with Crippen LogP contribution in [-0.2, 0) is 22.3 Å². The van der Waals surface area contributed by atoms with Crippen LogP contribution in [0.4, 0.5) is 5.69 Å². The Morgan fingerprint density at radius 3 is 2.52 bits per heavy atom. The van der Waals surface area contributed by atoms with Crippen LogP contribution in [-0.4, -0.2) is 19.8 Å². The van der Waals surface area contributed by atoms with E-state index in [2.05, 4.69) is 15.9 Å². The molecule has 0 aliphatic carbocycles. The number of benzene rings is 2. The number of anilines is 1. The van der Waals surface area contributed by atoms with Gasteiger partial charge in [-0.25, -0.2) is 12.7 Å². The van der Waals surface area contributed by atoms with Gasteiger partial charge in [0.05, 0.1) is 5.75 Å². The van der Waals surface area contributed by atoms with Crippen molar-refractivity contribution in [2.75, 3.05) is 12.8 Å². The molecule has 112 valence electrons. The summed E-state index contributed by atoms with van der Waals surface area (Å²) in [5.41, 5.74) is 7.86. The molecule has 0 heterocycles. The topological polar surface area (TPSA) is 63.4 Å². The Labute approximate surface area is 133 Å². The SMILES string of the molecule is CN(Cc1cccc(Br)c1)S(=O)(=O)Cc1ccccc1N. The third kappa shape index (κ3) is 4.30. The van der Waals surface area contributed by atoms with Crippen molar-refractivity contribution in [2.24, 2.45) is 0 Å². The molecule has 0 atom stereocenters. The van der Waals surface area contributed by atoms with Gasteiger partial charge in [-0.1, -0.05) is 46.3 Å². The van der Waals surface area contributed by atoms with Gasteiger partial charge in [0.15, 0.2) is 0 Å². The maximum atomic E-state index is 12.4. The van der Waals surface area contributed by atoms with E-state index in [0.717, 1.165) is 10.0 Å². The highest BCUT2D eigenvalue weighted by molar-refractivity contribution is 9.10. The Morgan fingerprint density at radius 1 is 1.14 bits per heavy atom. The van der Waals surface area contributed by atoms with E-state index in [9.17, 15) is 8.42 Å². The van der Waals surface area contributed by atoms with Gasteiger partial charge in [0, 0.05) is 23.8 Å². The van der Waals surface area contributed by atoms with E-state index >= 15 is 0 Å². The number of rotatable bonds is 5. The molecule has 2 rings (SSSR count). The van der Waals surface area contributed by atoms with Gasteiger partial charge in [-0.15, -0.1) is 0 Å². The van der Waals surface area contributed by atoms with Crippen LogP contribution in [0.5, 0.6) is 0 Å². The van der Waals surface area contributed by atoms with Gasteiger partial charge in [0.2, 0.25) is 10.0 Å². The average molecular weight is 369 g/mol. The van der Waals surface area contributed by atoms with Gasteiger partial charge in [-0.3, -0.25) is 0 Å². The molecule has 0 bridgehead atoms. The lowest BCUT2D eigenvalue weighted by Crippen LogP contribution is -2.28. The predicted molar refractivity (Wildman–Crippen MR) is 89.1 cm³/mol. The lowest BCUT2D eigenvalue weighted by atomic mass is 10.2. The van der Waals surface area contributed by atoms with E-state index < -0.39 is 10.0 Å². The number of para-hydroxylation sites is 1. The van der Waals surface area contributed by atoms with E-state index in [-0.39, 0.29) is 5.75 Å². The van der Waals surface area contributed by atoms with Crippen molar-refractivity contribution in [3.63, 3.8) is 0 Å². The Bertz CT molecular complexity index is 732. The number of halogens is 1. The highest BCUT2D eigenvalue weighted by atomic mass is 79.9. The molecule has 0 fully saturated rings. The normalized spacial score (nSPS) is 11.8. The van der Waals surface area contributed by atoms with Crippen molar-refractivity contribution in [2.45, 2.75) is 12.3 Å². The fraction of sp³-hybridized carbons (Fsp3) is 0.200. The van der Waals surface area contributed by atoms with Crippen LogP contribution in [0.15, 0.2) is 53.0 Å². The van der Waals surface area contributed by atoms with Crippen molar-refractivity contribution < 1.29 is 8.42 Å². The van der Waals surface area contributed by atoms with Crippen molar-refractivity contribution in [3.8, 4) is 0 Å². The van der Waals surface area contributed by atoms with E-state index in [1.165, 1.54) is 4.31 Å². The number of sulfonamides is 1. The van der Waals surface area contributed by atoms with Crippen molar-refractivity contribution in [1.82, 2.24) is 4.31 Å². The van der Waals surface area contributed by atoms with E-state index in [1.807, 2.05) is 24.3 Å². The van der Waals surface area contributed by atoms with Gasteiger partial charge in [-0.2, -0.15) is 0 Å². The first-order valence-electron chi connectivity index (χ1n) is 6.40. The lowest BCUT2D eigenvalue weighted by molar-refractivity contribution is 0.466. The number of hydrogen-bond acceptors (Lipinski definition) is 3. The quantitative estimate of drug-likeness (QED) is 0.825. The standard InChI is InChI=1S/C15H17BrN2O2S/c1-18(10-12-5-4-7-14(16)9-12)21(19,20)11-13-6-2-3-8-15(13)17/h2-9H,10-11,17H2,1H3. The van der Waals surface area contributed by atoms with Crippen LogP contribution < -0.4 is 5.73 Å². The molecule has 0 amide bonds. The highest BCUT2D eigenvalue weighted by Gasteiger charge is 2.19. The summed E-state index contributed by atoms with van der Waals surface area (Å²) in [4.78, 5) is 0. The molecular weight excluding hydrogens is 352 g/mol. The van der Waals surface area contributed by atoms with Crippen LogP contribution in [0, 0.1) is 0 Å². The molecular formula is C15H17BrN2O2S. The molecule has 0 saturated heterocycles. The Morgan fingerprint density at radius 2 is 1.86 bits per heavy atom. The molecule has 21 heavy (non-hydrogen) atoms. The summed E-state index contributed by atoms with van der Waals surface area (Å²) >= 11 is 3.38. The van der Waals surface area contributed by atoms with Gasteiger partial charge >= 0.3 is 0 Å². The summed E-state index contributed by atoms with van der Waals surface area (Å²) in [6.07, 6.45) is 0. The van der Waals surface area contributed by atoms with Gasteiger partial charge in [-0.05, 0) is 29.3 Å². The maximum Gasteiger partial charge on any atom is 0.218 e. The van der Waals surface area contributed by atoms with Gasteiger partial charge in [0.1, 0.15) is 0 Å². The van der Waals surface area contributed by atoms with Gasteiger partial charge in [0.25, 0.3) is 0 Å². The predicted octanol–water partition coefficient (Wildman–Crippen LogP) is 2.99. The summed E-state index contributed by atoms with van der Waals surface area (Å²) in [5, 5.41) is 0. The van der Waals surface area contributed by atoms with E-state index in [4.69, 9.17) is 5.73 Å². The number of nitrogen functional groups attached to an aromatic ring is 1. The first kappa shape index (κ1) is 16.0. The summed E-state index contributed by atoms with van der Waals surface area (Å²) in [7, 11) is -1.83. The Hall–Kier alpha value is -1.37. The Kier molecular flexibility index (Phi) is 5.03. The third-order valence-electron chi connectivity index (χ3n) is 3.16. The zero-order valence-electron chi connectivity index (χ0n) is 11.7. The first-order valence-corrected chi connectivity index (χ1v) is 8.80. The summed E-state index contributed by atoms with van der Waals surface area (Å²) in [5.74, 6) is -0.0931. The Balaban J connectivity index is 2.14. The minimum Gasteiger partial charge on any atom is -0.398 e. The number of nitrogens with zero attached hydrogens (tertiary/aromatic N) is 1. The second kappa shape index (κ2) is 6.60. The van der Waals surface area contributed by atoms with Crippen LogP contribution in [0.2, 0.25) is 0 Å². The maximum absolute atomic E-state index is 12.4. The van der Waals surface area contributed by atoms with Gasteiger partial charge < -0.3 is 5.73 Å². The molecule has 4 nitrogen and oxygen atoms in total. The number of hydrogen-bond donors (Lipinski definition) is 1. The molecule has 2 aromatic rings. The molecule has 2 N–H and O–H groups in total. The van der Waals surface area contributed by atoms with Crippen molar-refractivity contribution in [1.29, 1.82) is 0 Å². The summed E-state index contributed by atoms with van der Waals surface area (Å²) in [6, 6.07) is 14.6. The minimum atomic E-state index is -3.41. The van der Waals surface area contributed by atoms with E-state index in [1.54, 1.807) is 31.3 Å². The largest absolute Gasteiger partial charge is 0.398 e. The number of nitrogens with two attached hydrogens (primary N) is 1. The van der Waals surface area contributed by atoms with Crippen molar-refractivity contribution in [3.05, 3.63) is 64.1 Å². The fourth-order valence-corrected chi connectivity index (χ4v) is 3.63. The smallest absolute Gasteiger partial charge is 0.218 e. The zero-order chi connectivity index (χ0) is 15.5. The summed E-state index contributed by atoms with van der Waals surface area (Å²) < 4.78 is 27.1. The molecule has 0 aromatic heterocycles. The molecule has 0 aliphatic heterocycles. The van der Waals surface area contributed by atoms with Crippen LogP contribution >= 0.6 is 15.9 Å². The molecule has 0 unspecified atom stereocenters. The van der Waals surface area contributed by atoms with Crippen LogP contribution in [0.1, 0.15) is 11.1 Å². The average Bonchev–Trinajstić information content (AvgIpc) is 2.41.